The van der Waals surface area contributed by atoms with Gasteiger partial charge in [0.2, 0.25) is 0 Å². The minimum absolute atomic E-state index is 0.789. The fraction of sp³-hybridized carbons (Fsp3) is 0.600. The van der Waals surface area contributed by atoms with Crippen LogP contribution in [0.15, 0.2) is 36.7 Å². The van der Waals surface area contributed by atoms with Crippen molar-refractivity contribution in [2.24, 2.45) is 11.8 Å². The lowest BCUT2D eigenvalue weighted by atomic mass is 9.81. The van der Waals surface area contributed by atoms with E-state index in [1.165, 1.54) is 56.9 Å². The first-order valence-corrected chi connectivity index (χ1v) is 11.3. The van der Waals surface area contributed by atoms with Crippen LogP contribution in [-0.2, 0) is 6.42 Å². The van der Waals surface area contributed by atoms with E-state index in [1.54, 1.807) is 0 Å². The van der Waals surface area contributed by atoms with Crippen LogP contribution < -0.4 is 4.74 Å². The molecular formula is C25H36N2O. The summed E-state index contributed by atoms with van der Waals surface area (Å²) in [5, 5.41) is 0. The minimum Gasteiger partial charge on any atom is -0.494 e. The van der Waals surface area contributed by atoms with E-state index in [1.807, 2.05) is 24.5 Å². The molecule has 152 valence electrons. The molecular weight excluding hydrogens is 344 g/mol. The van der Waals surface area contributed by atoms with Crippen molar-refractivity contribution in [1.82, 2.24) is 9.97 Å². The normalized spacial score (nSPS) is 19.5. The molecule has 0 saturated heterocycles. The largest absolute Gasteiger partial charge is 0.494 e. The van der Waals surface area contributed by atoms with Crippen molar-refractivity contribution >= 4 is 0 Å². The third kappa shape index (κ3) is 6.61. The van der Waals surface area contributed by atoms with Gasteiger partial charge in [0.25, 0.3) is 0 Å². The molecule has 3 rings (SSSR count). The second-order valence-electron chi connectivity index (χ2n) is 8.51. The number of benzene rings is 1. The second kappa shape index (κ2) is 11.2. The van der Waals surface area contributed by atoms with Crippen LogP contribution >= 0.6 is 0 Å². The summed E-state index contributed by atoms with van der Waals surface area (Å²) in [7, 11) is 0. The summed E-state index contributed by atoms with van der Waals surface area (Å²) in [5.41, 5.74) is 2.27. The Kier molecular flexibility index (Phi) is 8.32. The number of hydrogen-bond donors (Lipinski definition) is 0. The fourth-order valence-electron chi connectivity index (χ4n) is 4.09. The number of nitrogens with zero attached hydrogens (tertiary/aromatic N) is 2. The van der Waals surface area contributed by atoms with E-state index >= 15 is 0 Å². The molecule has 0 N–H and O–H groups in total. The Hall–Kier alpha value is -1.90. The first kappa shape index (κ1) is 20.8. The fourth-order valence-corrected chi connectivity index (χ4v) is 4.09. The Morgan fingerprint density at radius 2 is 1.64 bits per heavy atom. The van der Waals surface area contributed by atoms with Gasteiger partial charge in [0.15, 0.2) is 5.82 Å². The zero-order valence-corrected chi connectivity index (χ0v) is 17.7. The van der Waals surface area contributed by atoms with Gasteiger partial charge in [-0.25, -0.2) is 9.97 Å². The number of aryl methyl sites for hydroxylation is 1. The molecule has 1 heterocycles. The van der Waals surface area contributed by atoms with Gasteiger partial charge in [0.1, 0.15) is 5.75 Å². The minimum atomic E-state index is 0.789. The summed E-state index contributed by atoms with van der Waals surface area (Å²) < 4.78 is 5.94. The molecule has 0 unspecified atom stereocenters. The highest BCUT2D eigenvalue weighted by Crippen LogP contribution is 2.31. The van der Waals surface area contributed by atoms with Crippen molar-refractivity contribution < 1.29 is 4.74 Å². The van der Waals surface area contributed by atoms with Crippen LogP contribution in [0.5, 0.6) is 5.75 Å². The van der Waals surface area contributed by atoms with Gasteiger partial charge < -0.3 is 4.74 Å². The lowest BCUT2D eigenvalue weighted by molar-refractivity contribution is 0.245. The van der Waals surface area contributed by atoms with Crippen LogP contribution in [0.1, 0.15) is 77.2 Å². The van der Waals surface area contributed by atoms with E-state index < -0.39 is 0 Å². The van der Waals surface area contributed by atoms with Gasteiger partial charge in [-0.2, -0.15) is 0 Å². The van der Waals surface area contributed by atoms with Gasteiger partial charge in [-0.1, -0.05) is 52.4 Å². The maximum Gasteiger partial charge on any atom is 0.159 e. The van der Waals surface area contributed by atoms with Crippen molar-refractivity contribution in [3.8, 4) is 17.1 Å². The molecule has 3 heteroatoms. The summed E-state index contributed by atoms with van der Waals surface area (Å²) >= 11 is 0. The van der Waals surface area contributed by atoms with Crippen molar-refractivity contribution in [2.75, 3.05) is 6.61 Å². The molecule has 0 radical (unpaired) electrons. The van der Waals surface area contributed by atoms with Crippen LogP contribution in [-0.4, -0.2) is 16.6 Å². The Labute approximate surface area is 171 Å². The second-order valence-corrected chi connectivity index (χ2v) is 8.51. The molecule has 1 aliphatic rings. The predicted molar refractivity (Wildman–Crippen MR) is 117 cm³/mol. The number of hydrogen-bond acceptors (Lipinski definition) is 3. The highest BCUT2D eigenvalue weighted by molar-refractivity contribution is 5.55. The topological polar surface area (TPSA) is 35.0 Å². The highest BCUT2D eigenvalue weighted by Gasteiger charge is 2.17. The Morgan fingerprint density at radius 3 is 2.32 bits per heavy atom. The quantitative estimate of drug-likeness (QED) is 0.422. The van der Waals surface area contributed by atoms with Crippen LogP contribution in [0.25, 0.3) is 11.4 Å². The molecule has 0 amide bonds. The van der Waals surface area contributed by atoms with E-state index in [0.29, 0.717) is 0 Å². The van der Waals surface area contributed by atoms with E-state index in [0.717, 1.165) is 48.4 Å². The van der Waals surface area contributed by atoms with Crippen LogP contribution in [0.4, 0.5) is 0 Å². The predicted octanol–water partition coefficient (Wildman–Crippen LogP) is 6.86. The number of unbranched alkanes of at least 4 members (excludes halogenated alkanes) is 2. The monoisotopic (exact) mass is 380 g/mol. The van der Waals surface area contributed by atoms with Gasteiger partial charge in [0, 0.05) is 18.0 Å². The standard InChI is InChI=1S/C25H36N2O/c1-3-4-5-7-22-18-26-25(27-19-22)23-13-15-24(16-14-23)28-17-6-8-21-11-9-20(2)10-12-21/h13-16,18-21H,3-12,17H2,1-2H3/t20-,21-. The van der Waals surface area contributed by atoms with Crippen LogP contribution in [0.3, 0.4) is 0 Å². The van der Waals surface area contributed by atoms with E-state index in [2.05, 4.69) is 35.9 Å². The molecule has 0 atom stereocenters. The van der Waals surface area contributed by atoms with Gasteiger partial charge in [-0.05, 0) is 67.3 Å². The smallest absolute Gasteiger partial charge is 0.159 e. The van der Waals surface area contributed by atoms with E-state index in [9.17, 15) is 0 Å². The van der Waals surface area contributed by atoms with Gasteiger partial charge in [0.05, 0.1) is 6.61 Å². The molecule has 1 aromatic carbocycles. The zero-order valence-electron chi connectivity index (χ0n) is 17.7. The zero-order chi connectivity index (χ0) is 19.6. The van der Waals surface area contributed by atoms with Gasteiger partial charge in [-0.15, -0.1) is 0 Å². The first-order valence-electron chi connectivity index (χ1n) is 11.3. The first-order chi connectivity index (χ1) is 13.7. The van der Waals surface area contributed by atoms with Crippen LogP contribution in [0, 0.1) is 11.8 Å². The third-order valence-electron chi connectivity index (χ3n) is 6.05. The summed E-state index contributed by atoms with van der Waals surface area (Å²) in [6.07, 6.45) is 16.8. The van der Waals surface area contributed by atoms with Crippen molar-refractivity contribution in [3.63, 3.8) is 0 Å². The number of ether oxygens (including phenoxy) is 1. The van der Waals surface area contributed by atoms with Crippen LogP contribution in [0.2, 0.25) is 0 Å². The Balaban J connectivity index is 1.40. The molecule has 0 bridgehead atoms. The summed E-state index contributed by atoms with van der Waals surface area (Å²) in [6.45, 7) is 5.43. The van der Waals surface area contributed by atoms with E-state index in [4.69, 9.17) is 4.74 Å². The Morgan fingerprint density at radius 1 is 0.929 bits per heavy atom. The molecule has 1 aromatic heterocycles. The molecule has 0 spiro atoms. The molecule has 1 fully saturated rings. The molecule has 1 saturated carbocycles. The Bertz CT molecular complexity index is 673. The molecule has 1 aliphatic carbocycles. The highest BCUT2D eigenvalue weighted by atomic mass is 16.5. The van der Waals surface area contributed by atoms with Crippen molar-refractivity contribution in [1.29, 1.82) is 0 Å². The lowest BCUT2D eigenvalue weighted by Crippen LogP contribution is -2.13. The average molecular weight is 381 g/mol. The van der Waals surface area contributed by atoms with Gasteiger partial charge in [-0.3, -0.25) is 0 Å². The lowest BCUT2D eigenvalue weighted by Gasteiger charge is -2.25. The summed E-state index contributed by atoms with van der Waals surface area (Å²) in [5.74, 6) is 3.59. The third-order valence-corrected chi connectivity index (χ3v) is 6.05. The maximum absolute atomic E-state index is 5.94. The van der Waals surface area contributed by atoms with Crippen molar-refractivity contribution in [2.45, 2.75) is 78.1 Å². The average Bonchev–Trinajstić information content (AvgIpc) is 2.74. The number of rotatable bonds is 10. The molecule has 3 nitrogen and oxygen atoms in total. The maximum atomic E-state index is 5.94. The summed E-state index contributed by atoms with van der Waals surface area (Å²) in [4.78, 5) is 9.08. The SMILES string of the molecule is CCCCCc1cnc(-c2ccc(OCCC[C@H]3CC[C@H](C)CC3)cc2)nc1. The van der Waals surface area contributed by atoms with E-state index in [-0.39, 0.29) is 0 Å². The number of aromatic nitrogens is 2. The van der Waals surface area contributed by atoms with Gasteiger partial charge >= 0.3 is 0 Å². The summed E-state index contributed by atoms with van der Waals surface area (Å²) in [6, 6.07) is 8.19. The van der Waals surface area contributed by atoms with Crippen molar-refractivity contribution in [3.05, 3.63) is 42.2 Å². The molecule has 2 aromatic rings. The molecule has 0 aliphatic heterocycles. The molecule has 28 heavy (non-hydrogen) atoms.